The van der Waals surface area contributed by atoms with Crippen LogP contribution >= 0.6 is 0 Å². The lowest BCUT2D eigenvalue weighted by atomic mass is 10.1. The molecule has 114 valence electrons. The summed E-state index contributed by atoms with van der Waals surface area (Å²) in [6, 6.07) is 7.38. The molecule has 1 N–H and O–H groups in total. The molecule has 1 aromatic carbocycles. The van der Waals surface area contributed by atoms with Gasteiger partial charge in [-0.25, -0.2) is 4.98 Å². The van der Waals surface area contributed by atoms with Crippen LogP contribution in [0.5, 0.6) is 0 Å². The highest BCUT2D eigenvalue weighted by atomic mass is 16.3. The fraction of sp³-hybridized carbons (Fsp3) is 0.500. The molecule has 0 radical (unpaired) electrons. The van der Waals surface area contributed by atoms with Crippen molar-refractivity contribution in [1.29, 1.82) is 0 Å². The smallest absolute Gasteiger partial charge is 0.261 e. The molecule has 21 heavy (non-hydrogen) atoms. The second-order valence-electron chi connectivity index (χ2n) is 6.03. The maximum atomic E-state index is 12.4. The molecule has 0 amide bonds. The zero-order valence-corrected chi connectivity index (χ0v) is 13.1. The molecule has 0 bridgehead atoms. The van der Waals surface area contributed by atoms with Crippen molar-refractivity contribution in [2.24, 2.45) is 7.05 Å². The normalized spacial score (nSPS) is 12.3. The largest absolute Gasteiger partial charge is 0.389 e. The molecular weight excluding hydrogens is 266 g/mol. The van der Waals surface area contributed by atoms with Crippen molar-refractivity contribution in [3.8, 4) is 0 Å². The van der Waals surface area contributed by atoms with Crippen molar-refractivity contribution < 1.29 is 5.11 Å². The zero-order chi connectivity index (χ0) is 15.6. The molecular formula is C16H23N3O2. The van der Waals surface area contributed by atoms with Crippen LogP contribution in [-0.4, -0.2) is 38.2 Å². The maximum Gasteiger partial charge on any atom is 0.261 e. The van der Waals surface area contributed by atoms with Crippen LogP contribution in [0.25, 0.3) is 10.9 Å². The van der Waals surface area contributed by atoms with E-state index in [9.17, 15) is 9.90 Å². The Balaban J connectivity index is 2.38. The van der Waals surface area contributed by atoms with Gasteiger partial charge >= 0.3 is 0 Å². The van der Waals surface area contributed by atoms with Gasteiger partial charge in [0.1, 0.15) is 5.82 Å². The topological polar surface area (TPSA) is 58.4 Å². The highest BCUT2D eigenvalue weighted by Crippen LogP contribution is 2.11. The average molecular weight is 289 g/mol. The number of benzene rings is 1. The summed E-state index contributed by atoms with van der Waals surface area (Å²) >= 11 is 0. The Morgan fingerprint density at radius 3 is 2.62 bits per heavy atom. The number of likely N-dealkylation sites (N-methyl/N-ethyl adjacent to an activating group) is 1. The molecule has 5 heteroatoms. The van der Waals surface area contributed by atoms with Crippen LogP contribution in [0.4, 0.5) is 0 Å². The van der Waals surface area contributed by atoms with Crippen molar-refractivity contribution >= 4 is 10.9 Å². The molecule has 0 spiro atoms. The Hall–Kier alpha value is -1.72. The first kappa shape index (κ1) is 15.7. The molecule has 1 aromatic heterocycles. The Morgan fingerprint density at radius 2 is 2.00 bits per heavy atom. The molecule has 2 aromatic rings. The minimum absolute atomic E-state index is 0.0325. The van der Waals surface area contributed by atoms with Gasteiger partial charge in [-0.05, 0) is 32.5 Å². The van der Waals surface area contributed by atoms with Crippen LogP contribution in [0, 0.1) is 0 Å². The number of hydrogen-bond acceptors (Lipinski definition) is 4. The van der Waals surface area contributed by atoms with Crippen LogP contribution in [0.3, 0.4) is 0 Å². The Morgan fingerprint density at radius 1 is 1.33 bits per heavy atom. The van der Waals surface area contributed by atoms with Gasteiger partial charge in [0, 0.05) is 13.6 Å². The lowest BCUT2D eigenvalue weighted by molar-refractivity contribution is 0.0342. The maximum absolute atomic E-state index is 12.4. The summed E-state index contributed by atoms with van der Waals surface area (Å²) in [6.07, 6.45) is 0. The number of para-hydroxylation sites is 1. The van der Waals surface area contributed by atoms with E-state index in [1.807, 2.05) is 25.1 Å². The van der Waals surface area contributed by atoms with Gasteiger partial charge in [0.05, 0.1) is 23.0 Å². The Labute approximate surface area is 124 Å². The fourth-order valence-corrected chi connectivity index (χ4v) is 2.43. The number of fused-ring (bicyclic) bond motifs is 1. The predicted molar refractivity (Wildman–Crippen MR) is 84.2 cm³/mol. The molecule has 0 aliphatic heterocycles. The lowest BCUT2D eigenvalue weighted by Crippen LogP contribution is -2.39. The van der Waals surface area contributed by atoms with Crippen LogP contribution in [0.15, 0.2) is 29.1 Å². The van der Waals surface area contributed by atoms with Crippen LogP contribution in [0.1, 0.15) is 26.6 Å². The minimum atomic E-state index is -0.772. The van der Waals surface area contributed by atoms with E-state index < -0.39 is 5.60 Å². The second kappa shape index (κ2) is 5.95. The van der Waals surface area contributed by atoms with E-state index in [-0.39, 0.29) is 5.56 Å². The predicted octanol–water partition coefficient (Wildman–Crippen LogP) is 1.53. The Bertz CT molecular complexity index is 686. The van der Waals surface area contributed by atoms with Gasteiger partial charge in [-0.15, -0.1) is 0 Å². The van der Waals surface area contributed by atoms with Gasteiger partial charge in [0.25, 0.3) is 5.56 Å². The monoisotopic (exact) mass is 289 g/mol. The van der Waals surface area contributed by atoms with Crippen LogP contribution in [-0.2, 0) is 13.6 Å². The third kappa shape index (κ3) is 3.68. The molecule has 5 nitrogen and oxygen atoms in total. The molecule has 0 unspecified atom stereocenters. The fourth-order valence-electron chi connectivity index (χ4n) is 2.43. The van der Waals surface area contributed by atoms with Crippen LogP contribution < -0.4 is 5.56 Å². The van der Waals surface area contributed by atoms with Gasteiger partial charge in [-0.3, -0.25) is 14.3 Å². The number of hydrogen-bond donors (Lipinski definition) is 1. The molecule has 0 aliphatic carbocycles. The van der Waals surface area contributed by atoms with E-state index >= 15 is 0 Å². The molecule has 0 atom stereocenters. The lowest BCUT2D eigenvalue weighted by Gasteiger charge is -2.28. The molecule has 2 rings (SSSR count). The highest BCUT2D eigenvalue weighted by molar-refractivity contribution is 5.77. The summed E-state index contributed by atoms with van der Waals surface area (Å²) in [5.74, 6) is 0.713. The quantitative estimate of drug-likeness (QED) is 0.907. The van der Waals surface area contributed by atoms with E-state index in [1.165, 1.54) is 0 Å². The van der Waals surface area contributed by atoms with E-state index in [2.05, 4.69) is 9.88 Å². The summed E-state index contributed by atoms with van der Waals surface area (Å²) in [5, 5.41) is 10.6. The van der Waals surface area contributed by atoms with Crippen molar-refractivity contribution in [2.75, 3.05) is 13.1 Å². The second-order valence-corrected chi connectivity index (χ2v) is 6.03. The minimum Gasteiger partial charge on any atom is -0.389 e. The van der Waals surface area contributed by atoms with E-state index in [0.717, 1.165) is 12.1 Å². The Kier molecular flexibility index (Phi) is 4.44. The summed E-state index contributed by atoms with van der Waals surface area (Å²) in [4.78, 5) is 19.0. The van der Waals surface area contributed by atoms with Gasteiger partial charge in [-0.2, -0.15) is 0 Å². The average Bonchev–Trinajstić information content (AvgIpc) is 2.42. The highest BCUT2D eigenvalue weighted by Gasteiger charge is 2.19. The third-order valence-electron chi connectivity index (χ3n) is 3.50. The van der Waals surface area contributed by atoms with Crippen molar-refractivity contribution in [3.63, 3.8) is 0 Å². The van der Waals surface area contributed by atoms with E-state index in [1.54, 1.807) is 31.5 Å². The third-order valence-corrected chi connectivity index (χ3v) is 3.50. The van der Waals surface area contributed by atoms with Gasteiger partial charge in [0.15, 0.2) is 0 Å². The van der Waals surface area contributed by atoms with Crippen molar-refractivity contribution in [2.45, 2.75) is 32.9 Å². The number of aromatic nitrogens is 2. The SMILES string of the molecule is CCN(Cc1nc2ccccc2c(=O)n1C)CC(C)(C)O. The first-order chi connectivity index (χ1) is 9.81. The van der Waals surface area contributed by atoms with Gasteiger partial charge < -0.3 is 5.11 Å². The first-order valence-electron chi connectivity index (χ1n) is 7.21. The van der Waals surface area contributed by atoms with Crippen molar-refractivity contribution in [1.82, 2.24) is 14.5 Å². The molecule has 0 saturated carbocycles. The molecule has 0 fully saturated rings. The number of aliphatic hydroxyl groups is 1. The van der Waals surface area contributed by atoms with E-state index in [0.29, 0.717) is 24.3 Å². The summed E-state index contributed by atoms with van der Waals surface area (Å²) < 4.78 is 1.59. The zero-order valence-electron chi connectivity index (χ0n) is 13.1. The molecule has 0 aliphatic rings. The van der Waals surface area contributed by atoms with Gasteiger partial charge in [0.2, 0.25) is 0 Å². The molecule has 0 saturated heterocycles. The summed E-state index contributed by atoms with van der Waals surface area (Å²) in [7, 11) is 1.75. The summed E-state index contributed by atoms with van der Waals surface area (Å²) in [6.45, 7) is 7.45. The standard InChI is InChI=1S/C16H23N3O2/c1-5-19(11-16(2,3)21)10-14-17-13-9-7-6-8-12(13)15(20)18(14)4/h6-9,21H,5,10-11H2,1-4H3. The molecule has 1 heterocycles. The number of rotatable bonds is 5. The number of nitrogens with zero attached hydrogens (tertiary/aromatic N) is 3. The van der Waals surface area contributed by atoms with E-state index in [4.69, 9.17) is 0 Å². The summed E-state index contributed by atoms with van der Waals surface area (Å²) in [5.41, 5.74) is -0.0871. The van der Waals surface area contributed by atoms with Crippen LogP contribution in [0.2, 0.25) is 0 Å². The van der Waals surface area contributed by atoms with Crippen molar-refractivity contribution in [3.05, 3.63) is 40.4 Å². The van der Waals surface area contributed by atoms with Gasteiger partial charge in [-0.1, -0.05) is 19.1 Å². The first-order valence-corrected chi connectivity index (χ1v) is 7.21.